The van der Waals surface area contributed by atoms with Gasteiger partial charge in [0.15, 0.2) is 5.60 Å². The molecular formula is C17H26N4O3. The Labute approximate surface area is 142 Å². The summed E-state index contributed by atoms with van der Waals surface area (Å²) in [5.74, 6) is -0.267. The average molecular weight is 334 g/mol. The second kappa shape index (κ2) is 6.93. The second-order valence-corrected chi connectivity index (χ2v) is 6.82. The lowest BCUT2D eigenvalue weighted by atomic mass is 10.0. The van der Waals surface area contributed by atoms with E-state index in [2.05, 4.69) is 10.4 Å². The number of nitrogens with zero attached hydrogens (tertiary/aromatic N) is 3. The molecule has 24 heavy (non-hydrogen) atoms. The van der Waals surface area contributed by atoms with Crippen molar-refractivity contribution in [1.29, 1.82) is 0 Å². The first-order chi connectivity index (χ1) is 11.5. The summed E-state index contributed by atoms with van der Waals surface area (Å²) in [7, 11) is 0. The highest BCUT2D eigenvalue weighted by Crippen LogP contribution is 2.22. The lowest BCUT2D eigenvalue weighted by Gasteiger charge is -2.39. The Balaban J connectivity index is 1.65. The van der Waals surface area contributed by atoms with Crippen LogP contribution in [-0.4, -0.2) is 57.8 Å². The fourth-order valence-electron chi connectivity index (χ4n) is 3.40. The quantitative estimate of drug-likeness (QED) is 0.897. The molecule has 2 amide bonds. The highest BCUT2D eigenvalue weighted by molar-refractivity contribution is 5.93. The van der Waals surface area contributed by atoms with Crippen molar-refractivity contribution in [3.05, 3.63) is 18.0 Å². The predicted molar refractivity (Wildman–Crippen MR) is 88.6 cm³/mol. The van der Waals surface area contributed by atoms with E-state index < -0.39 is 5.60 Å². The number of rotatable bonds is 4. The molecule has 1 aromatic heterocycles. The third-order valence-corrected chi connectivity index (χ3v) is 4.92. The summed E-state index contributed by atoms with van der Waals surface area (Å²) in [6, 6.07) is 1.96. The number of hydrogen-bond acceptors (Lipinski definition) is 4. The molecule has 1 atom stereocenters. The largest absolute Gasteiger partial charge is 0.362 e. The first-order valence-electron chi connectivity index (χ1n) is 8.79. The highest BCUT2D eigenvalue weighted by atomic mass is 16.5. The second-order valence-electron chi connectivity index (χ2n) is 6.82. The van der Waals surface area contributed by atoms with Crippen LogP contribution in [0, 0.1) is 0 Å². The Morgan fingerprint density at radius 1 is 1.42 bits per heavy atom. The molecule has 0 spiro atoms. The van der Waals surface area contributed by atoms with Gasteiger partial charge < -0.3 is 15.0 Å². The molecule has 2 heterocycles. The topological polar surface area (TPSA) is 76.5 Å². The van der Waals surface area contributed by atoms with Crippen molar-refractivity contribution in [2.75, 3.05) is 19.7 Å². The summed E-state index contributed by atoms with van der Waals surface area (Å²) in [5.41, 5.74) is -0.582. The van der Waals surface area contributed by atoms with E-state index >= 15 is 0 Å². The maximum absolute atomic E-state index is 12.6. The van der Waals surface area contributed by atoms with Gasteiger partial charge in [-0.1, -0.05) is 12.8 Å². The van der Waals surface area contributed by atoms with Gasteiger partial charge in [0, 0.05) is 25.3 Å². The average Bonchev–Trinajstić information content (AvgIpc) is 3.25. The number of ether oxygens (including phenoxy) is 1. The van der Waals surface area contributed by atoms with E-state index in [0.29, 0.717) is 18.8 Å². The zero-order chi connectivity index (χ0) is 17.2. The van der Waals surface area contributed by atoms with Crippen LogP contribution in [0.5, 0.6) is 0 Å². The highest BCUT2D eigenvalue weighted by Gasteiger charge is 2.42. The molecule has 7 heteroatoms. The summed E-state index contributed by atoms with van der Waals surface area (Å²) in [4.78, 5) is 27.0. The molecule has 1 aromatic rings. The Kier molecular flexibility index (Phi) is 4.89. The third kappa shape index (κ3) is 3.45. The minimum absolute atomic E-state index is 0.119. The molecule has 2 aliphatic rings. The first-order valence-corrected chi connectivity index (χ1v) is 8.79. The van der Waals surface area contributed by atoms with Gasteiger partial charge in [-0.15, -0.1) is 0 Å². The monoisotopic (exact) mass is 334 g/mol. The van der Waals surface area contributed by atoms with E-state index in [9.17, 15) is 9.59 Å². The molecule has 132 valence electrons. The number of carbonyl (C=O) groups excluding carboxylic acids is 2. The predicted octanol–water partition coefficient (Wildman–Crippen LogP) is 1.19. The van der Waals surface area contributed by atoms with Gasteiger partial charge in [0.25, 0.3) is 11.8 Å². The molecule has 1 N–H and O–H groups in total. The molecule has 0 bridgehead atoms. The van der Waals surface area contributed by atoms with Crippen LogP contribution >= 0.6 is 0 Å². The van der Waals surface area contributed by atoms with Crippen LogP contribution in [0.25, 0.3) is 0 Å². The van der Waals surface area contributed by atoms with Gasteiger partial charge in [0.05, 0.1) is 13.2 Å². The van der Waals surface area contributed by atoms with Gasteiger partial charge >= 0.3 is 0 Å². The molecule has 1 saturated heterocycles. The molecule has 3 rings (SSSR count). The van der Waals surface area contributed by atoms with Crippen molar-refractivity contribution in [3.8, 4) is 0 Å². The summed E-state index contributed by atoms with van der Waals surface area (Å²) in [5, 5.41) is 7.34. The van der Waals surface area contributed by atoms with Gasteiger partial charge in [0.2, 0.25) is 0 Å². The fourth-order valence-corrected chi connectivity index (χ4v) is 3.40. The summed E-state index contributed by atoms with van der Waals surface area (Å²) >= 11 is 0. The van der Waals surface area contributed by atoms with Gasteiger partial charge in [-0.25, -0.2) is 0 Å². The van der Waals surface area contributed by atoms with Crippen molar-refractivity contribution >= 4 is 11.8 Å². The van der Waals surface area contributed by atoms with Gasteiger partial charge in [0.1, 0.15) is 5.69 Å². The zero-order valence-electron chi connectivity index (χ0n) is 14.5. The van der Waals surface area contributed by atoms with Crippen LogP contribution in [0.15, 0.2) is 12.3 Å². The van der Waals surface area contributed by atoms with Crippen molar-refractivity contribution in [3.63, 3.8) is 0 Å². The standard InChI is InChI=1S/C17H26N4O3/c1-3-21-9-8-14(19-21)15(22)20-10-11-24-17(2,12-20)16(23)18-13-6-4-5-7-13/h8-9,13H,3-7,10-12H2,1-2H3,(H,18,23)/t17-/m0/s1. The molecule has 1 aliphatic carbocycles. The minimum Gasteiger partial charge on any atom is -0.362 e. The molecule has 0 unspecified atom stereocenters. The van der Waals surface area contributed by atoms with Gasteiger partial charge in [-0.05, 0) is 32.8 Å². The number of amides is 2. The van der Waals surface area contributed by atoms with E-state index in [1.807, 2.05) is 6.92 Å². The molecule has 0 aromatic carbocycles. The number of hydrogen-bond donors (Lipinski definition) is 1. The molecule has 2 fully saturated rings. The minimum atomic E-state index is -0.996. The van der Waals surface area contributed by atoms with Crippen LogP contribution in [0.3, 0.4) is 0 Å². The smallest absolute Gasteiger partial charge is 0.274 e. The molecule has 1 saturated carbocycles. The van der Waals surface area contributed by atoms with Crippen LogP contribution in [0.1, 0.15) is 50.0 Å². The fraction of sp³-hybridized carbons (Fsp3) is 0.706. The Bertz CT molecular complexity index is 609. The SMILES string of the molecule is CCn1ccc(C(=O)N2CCO[C@](C)(C(=O)NC3CCCC3)C2)n1. The van der Waals surface area contributed by atoms with Crippen LogP contribution in [-0.2, 0) is 16.1 Å². The summed E-state index contributed by atoms with van der Waals surface area (Å²) in [6.45, 7) is 5.54. The van der Waals surface area contributed by atoms with Crippen molar-refractivity contribution in [2.24, 2.45) is 0 Å². The maximum atomic E-state index is 12.6. The van der Waals surface area contributed by atoms with Crippen LogP contribution in [0.2, 0.25) is 0 Å². The Morgan fingerprint density at radius 3 is 2.83 bits per heavy atom. The number of carbonyl (C=O) groups is 2. The third-order valence-electron chi connectivity index (χ3n) is 4.92. The molecule has 7 nitrogen and oxygen atoms in total. The van der Waals surface area contributed by atoms with E-state index in [4.69, 9.17) is 4.74 Å². The van der Waals surface area contributed by atoms with Crippen molar-refractivity contribution in [1.82, 2.24) is 20.0 Å². The van der Waals surface area contributed by atoms with E-state index in [-0.39, 0.29) is 24.4 Å². The lowest BCUT2D eigenvalue weighted by molar-refractivity contribution is -0.154. The van der Waals surface area contributed by atoms with Gasteiger partial charge in [-0.2, -0.15) is 5.10 Å². The van der Waals surface area contributed by atoms with Crippen molar-refractivity contribution < 1.29 is 14.3 Å². The Hall–Kier alpha value is -1.89. The molecular weight excluding hydrogens is 308 g/mol. The lowest BCUT2D eigenvalue weighted by Crippen LogP contribution is -2.60. The normalized spacial score (nSPS) is 25.0. The number of nitrogens with one attached hydrogen (secondary N) is 1. The van der Waals surface area contributed by atoms with Crippen molar-refractivity contribution in [2.45, 2.75) is 57.7 Å². The first kappa shape index (κ1) is 17.0. The number of aryl methyl sites for hydroxylation is 1. The summed E-state index contributed by atoms with van der Waals surface area (Å²) < 4.78 is 7.47. The van der Waals surface area contributed by atoms with E-state index in [1.165, 1.54) is 0 Å². The van der Waals surface area contributed by atoms with Gasteiger partial charge in [-0.3, -0.25) is 14.3 Å². The molecule has 0 radical (unpaired) electrons. The Morgan fingerprint density at radius 2 is 2.17 bits per heavy atom. The summed E-state index contributed by atoms with van der Waals surface area (Å²) in [6.07, 6.45) is 6.16. The van der Waals surface area contributed by atoms with E-state index in [1.54, 1.807) is 28.8 Å². The van der Waals surface area contributed by atoms with E-state index in [0.717, 1.165) is 32.2 Å². The van der Waals surface area contributed by atoms with Crippen LogP contribution < -0.4 is 5.32 Å². The number of morpholine rings is 1. The number of aromatic nitrogens is 2. The van der Waals surface area contributed by atoms with Crippen LogP contribution in [0.4, 0.5) is 0 Å². The maximum Gasteiger partial charge on any atom is 0.274 e. The zero-order valence-corrected chi connectivity index (χ0v) is 14.5. The molecule has 1 aliphatic heterocycles.